The number of aromatic nitrogens is 1. The Bertz CT molecular complexity index is 979. The first-order valence-electron chi connectivity index (χ1n) is 9.51. The second-order valence-corrected chi connectivity index (χ2v) is 7.79. The number of nitrogens with zero attached hydrogens (tertiary/aromatic N) is 2. The number of hydrogen-bond acceptors (Lipinski definition) is 5. The van der Waals surface area contributed by atoms with Gasteiger partial charge in [0, 0.05) is 30.5 Å². The van der Waals surface area contributed by atoms with E-state index in [2.05, 4.69) is 4.98 Å². The Labute approximate surface area is 172 Å². The van der Waals surface area contributed by atoms with E-state index in [1.807, 2.05) is 30.3 Å². The van der Waals surface area contributed by atoms with Crippen LogP contribution in [0.3, 0.4) is 0 Å². The van der Waals surface area contributed by atoms with E-state index in [1.165, 1.54) is 23.5 Å². The lowest BCUT2D eigenvalue weighted by molar-refractivity contribution is 0.0328. The van der Waals surface area contributed by atoms with Crippen molar-refractivity contribution in [1.82, 2.24) is 9.88 Å². The molecule has 1 aliphatic rings. The minimum absolute atomic E-state index is 0.114. The molecule has 1 saturated heterocycles. The minimum Gasteiger partial charge on any atom is -0.485 e. The number of likely N-dealkylation sites (tertiary alicyclic amines) is 1. The summed E-state index contributed by atoms with van der Waals surface area (Å²) in [6.07, 6.45) is -0.569. The van der Waals surface area contributed by atoms with E-state index >= 15 is 0 Å². The maximum absolute atomic E-state index is 13.9. The van der Waals surface area contributed by atoms with Crippen molar-refractivity contribution in [3.63, 3.8) is 0 Å². The van der Waals surface area contributed by atoms with Crippen molar-refractivity contribution in [2.75, 3.05) is 13.1 Å². The third-order valence-corrected chi connectivity index (χ3v) is 5.85. The van der Waals surface area contributed by atoms with Gasteiger partial charge in [0.15, 0.2) is 11.6 Å². The van der Waals surface area contributed by atoms with Gasteiger partial charge in [0.05, 0.1) is 6.10 Å². The fraction of sp³-hybridized carbons (Fsp3) is 0.273. The van der Waals surface area contributed by atoms with Crippen LogP contribution in [0.25, 0.3) is 10.6 Å². The monoisotopic (exact) mass is 412 g/mol. The molecule has 7 heteroatoms. The molecular weight excluding hydrogens is 391 g/mol. The fourth-order valence-corrected chi connectivity index (χ4v) is 4.15. The lowest BCUT2D eigenvalue weighted by Gasteiger charge is -2.22. The van der Waals surface area contributed by atoms with Crippen molar-refractivity contribution in [2.45, 2.75) is 25.0 Å². The second kappa shape index (κ2) is 8.71. The number of ether oxygens (including phenoxy) is 1. The number of benzene rings is 2. The maximum Gasteiger partial charge on any atom is 0.273 e. The summed E-state index contributed by atoms with van der Waals surface area (Å²) in [7, 11) is 0. The topological polar surface area (TPSA) is 62.7 Å². The summed E-state index contributed by atoms with van der Waals surface area (Å²) in [6.45, 7) is 0.808. The first-order valence-corrected chi connectivity index (χ1v) is 10.4. The first-order chi connectivity index (χ1) is 14.1. The zero-order valence-electron chi connectivity index (χ0n) is 15.7. The Morgan fingerprint density at radius 3 is 2.62 bits per heavy atom. The highest BCUT2D eigenvalue weighted by Gasteiger charge is 2.30. The summed E-state index contributed by atoms with van der Waals surface area (Å²) < 4.78 is 19.6. The summed E-state index contributed by atoms with van der Waals surface area (Å²) in [5.41, 5.74) is 1.37. The van der Waals surface area contributed by atoms with Gasteiger partial charge in [-0.25, -0.2) is 9.37 Å². The van der Waals surface area contributed by atoms with Crippen LogP contribution in [0.15, 0.2) is 60.0 Å². The molecule has 3 aromatic rings. The molecule has 1 aromatic heterocycles. The zero-order valence-corrected chi connectivity index (χ0v) is 16.5. The number of carbonyl (C=O) groups is 1. The number of aliphatic hydroxyl groups excluding tert-OH is 1. The Kier molecular flexibility index (Phi) is 5.87. The normalized spacial score (nSPS) is 19.6. The first kappa shape index (κ1) is 19.5. The Morgan fingerprint density at radius 1 is 1.10 bits per heavy atom. The van der Waals surface area contributed by atoms with Gasteiger partial charge < -0.3 is 14.7 Å². The van der Waals surface area contributed by atoms with Crippen LogP contribution >= 0.6 is 11.3 Å². The lowest BCUT2D eigenvalue weighted by Crippen LogP contribution is -2.33. The van der Waals surface area contributed by atoms with Crippen molar-refractivity contribution >= 4 is 17.2 Å². The molecule has 0 bridgehead atoms. The summed E-state index contributed by atoms with van der Waals surface area (Å²) >= 11 is 1.43. The predicted molar refractivity (Wildman–Crippen MR) is 110 cm³/mol. The van der Waals surface area contributed by atoms with Crippen LogP contribution in [0.1, 0.15) is 23.3 Å². The van der Waals surface area contributed by atoms with E-state index in [1.54, 1.807) is 22.4 Å². The highest BCUT2D eigenvalue weighted by molar-refractivity contribution is 7.13. The van der Waals surface area contributed by atoms with Crippen LogP contribution in [-0.4, -0.2) is 46.2 Å². The van der Waals surface area contributed by atoms with Crippen LogP contribution in [0.5, 0.6) is 5.75 Å². The van der Waals surface area contributed by atoms with Gasteiger partial charge in [0.25, 0.3) is 5.91 Å². The van der Waals surface area contributed by atoms with Gasteiger partial charge in [-0.3, -0.25) is 4.79 Å². The van der Waals surface area contributed by atoms with Crippen LogP contribution in [-0.2, 0) is 0 Å². The molecule has 1 fully saturated rings. The zero-order chi connectivity index (χ0) is 20.2. The highest BCUT2D eigenvalue weighted by atomic mass is 32.1. The van der Waals surface area contributed by atoms with E-state index in [0.29, 0.717) is 31.6 Å². The number of para-hydroxylation sites is 1. The molecule has 0 aliphatic carbocycles. The molecule has 0 saturated carbocycles. The Hall–Kier alpha value is -2.77. The van der Waals surface area contributed by atoms with Gasteiger partial charge in [-0.1, -0.05) is 42.5 Å². The molecular formula is C22H21FN2O3S. The molecule has 2 atom stereocenters. The van der Waals surface area contributed by atoms with Crippen molar-refractivity contribution < 1.29 is 19.0 Å². The number of aliphatic hydroxyl groups is 1. The van der Waals surface area contributed by atoms with Crippen molar-refractivity contribution in [2.24, 2.45) is 0 Å². The standard InChI is InChI=1S/C22H21FN2O3S/c23-16-8-4-5-9-19(16)28-20-11-13-25(12-10-18(20)26)22(27)17-14-29-21(24-17)15-6-2-1-3-7-15/h1-9,14,18,20,26H,10-13H2/t18-,20-/m0/s1. The van der Waals surface area contributed by atoms with E-state index in [4.69, 9.17) is 4.74 Å². The van der Waals surface area contributed by atoms with Gasteiger partial charge in [-0.15, -0.1) is 11.3 Å². The van der Waals surface area contributed by atoms with Crippen LogP contribution in [0.4, 0.5) is 4.39 Å². The number of thiazole rings is 1. The number of amides is 1. The van der Waals surface area contributed by atoms with Crippen molar-refractivity contribution in [3.8, 4) is 16.3 Å². The third-order valence-electron chi connectivity index (χ3n) is 4.95. The second-order valence-electron chi connectivity index (χ2n) is 6.93. The van der Waals surface area contributed by atoms with Gasteiger partial charge in [-0.05, 0) is 18.6 Å². The van der Waals surface area contributed by atoms with Gasteiger partial charge >= 0.3 is 0 Å². The quantitative estimate of drug-likeness (QED) is 0.704. The fourth-order valence-electron chi connectivity index (χ4n) is 3.35. The lowest BCUT2D eigenvalue weighted by atomic mass is 10.1. The molecule has 150 valence electrons. The van der Waals surface area contributed by atoms with E-state index in [0.717, 1.165) is 10.6 Å². The Morgan fingerprint density at radius 2 is 1.83 bits per heavy atom. The summed E-state index contributed by atoms with van der Waals surface area (Å²) in [5.74, 6) is -0.515. The van der Waals surface area contributed by atoms with Crippen LogP contribution in [0.2, 0.25) is 0 Å². The average molecular weight is 412 g/mol. The van der Waals surface area contributed by atoms with Crippen LogP contribution in [0, 0.1) is 5.82 Å². The summed E-state index contributed by atoms with van der Waals surface area (Å²) in [5, 5.41) is 13.0. The van der Waals surface area contributed by atoms with E-state index < -0.39 is 18.0 Å². The van der Waals surface area contributed by atoms with Crippen molar-refractivity contribution in [3.05, 3.63) is 71.5 Å². The molecule has 4 rings (SSSR count). The smallest absolute Gasteiger partial charge is 0.273 e. The predicted octanol–water partition coefficient (Wildman–Crippen LogP) is 3.99. The van der Waals surface area contributed by atoms with Crippen LogP contribution < -0.4 is 4.74 Å². The van der Waals surface area contributed by atoms with E-state index in [9.17, 15) is 14.3 Å². The number of halogens is 1. The molecule has 0 unspecified atom stereocenters. The largest absolute Gasteiger partial charge is 0.485 e. The SMILES string of the molecule is O=C(c1csc(-c2ccccc2)n1)N1CC[C@H](Oc2ccccc2F)[C@@H](O)CC1. The third kappa shape index (κ3) is 4.46. The molecule has 29 heavy (non-hydrogen) atoms. The van der Waals surface area contributed by atoms with E-state index in [-0.39, 0.29) is 11.7 Å². The van der Waals surface area contributed by atoms with Gasteiger partial charge in [-0.2, -0.15) is 0 Å². The van der Waals surface area contributed by atoms with Crippen molar-refractivity contribution in [1.29, 1.82) is 0 Å². The number of carbonyl (C=O) groups excluding carboxylic acids is 1. The molecule has 0 radical (unpaired) electrons. The highest BCUT2D eigenvalue weighted by Crippen LogP contribution is 2.26. The Balaban J connectivity index is 1.43. The molecule has 5 nitrogen and oxygen atoms in total. The number of hydrogen-bond donors (Lipinski definition) is 1. The molecule has 2 heterocycles. The summed E-state index contributed by atoms with van der Waals surface area (Å²) in [6, 6.07) is 15.9. The molecule has 1 N–H and O–H groups in total. The average Bonchev–Trinajstić information content (AvgIpc) is 3.17. The van der Waals surface area contributed by atoms with Gasteiger partial charge in [0.1, 0.15) is 16.8 Å². The minimum atomic E-state index is -0.775. The number of rotatable bonds is 4. The van der Waals surface area contributed by atoms with Gasteiger partial charge in [0.2, 0.25) is 0 Å². The molecule has 1 aliphatic heterocycles. The molecule has 0 spiro atoms. The molecule has 1 amide bonds. The molecule has 2 aromatic carbocycles. The summed E-state index contributed by atoms with van der Waals surface area (Å²) in [4.78, 5) is 19.1. The maximum atomic E-state index is 13.9.